The van der Waals surface area contributed by atoms with Crippen LogP contribution >= 0.6 is 36.4 Å². The maximum atomic E-state index is 6.07. The first-order valence-corrected chi connectivity index (χ1v) is 8.65. The standard InChI is InChI=1S/C20H27ClN2O.2ClH.H2O/c1-15(12-16-8-10-19(11-9-16)23(2)3)22-14-20(24-4)17-6-5-7-18(21)13-17;;;/h5-11,13,15,20,22H,12,14H2,1-4H3;2*1H;1H2. The van der Waals surface area contributed by atoms with Crippen LogP contribution in [-0.4, -0.2) is 39.3 Å². The van der Waals surface area contributed by atoms with E-state index < -0.39 is 0 Å². The highest BCUT2D eigenvalue weighted by molar-refractivity contribution is 6.30. The summed E-state index contributed by atoms with van der Waals surface area (Å²) in [5, 5.41) is 4.30. The Hall–Kier alpha value is -1.01. The van der Waals surface area contributed by atoms with Crippen molar-refractivity contribution in [3.05, 3.63) is 64.7 Å². The highest BCUT2D eigenvalue weighted by Crippen LogP contribution is 2.20. The van der Waals surface area contributed by atoms with Crippen LogP contribution in [-0.2, 0) is 11.2 Å². The van der Waals surface area contributed by atoms with Crippen molar-refractivity contribution in [3.63, 3.8) is 0 Å². The van der Waals surface area contributed by atoms with E-state index in [1.54, 1.807) is 7.11 Å². The molecule has 2 unspecified atom stereocenters. The third kappa shape index (κ3) is 9.15. The summed E-state index contributed by atoms with van der Waals surface area (Å²) in [7, 11) is 5.84. The number of nitrogens with zero attached hydrogens (tertiary/aromatic N) is 1. The predicted octanol–water partition coefficient (Wildman–Crippen LogP) is 4.33. The predicted molar refractivity (Wildman–Crippen MR) is 121 cm³/mol. The van der Waals surface area contributed by atoms with Crippen LogP contribution in [0, 0.1) is 0 Å². The van der Waals surface area contributed by atoms with Gasteiger partial charge in [0.25, 0.3) is 0 Å². The van der Waals surface area contributed by atoms with Crippen molar-refractivity contribution in [2.24, 2.45) is 0 Å². The Morgan fingerprint density at radius 1 is 1.07 bits per heavy atom. The lowest BCUT2D eigenvalue weighted by Gasteiger charge is -2.21. The van der Waals surface area contributed by atoms with E-state index in [9.17, 15) is 0 Å². The molecular weight excluding hydrogens is 407 g/mol. The van der Waals surface area contributed by atoms with Crippen molar-refractivity contribution in [1.29, 1.82) is 0 Å². The van der Waals surface area contributed by atoms with Crippen LogP contribution in [0.2, 0.25) is 5.02 Å². The quantitative estimate of drug-likeness (QED) is 0.668. The molecule has 3 N–H and O–H groups in total. The molecule has 2 rings (SSSR count). The van der Waals surface area contributed by atoms with Gasteiger partial charge in [-0.25, -0.2) is 0 Å². The van der Waals surface area contributed by atoms with Crippen LogP contribution in [0.15, 0.2) is 48.5 Å². The van der Waals surface area contributed by atoms with Gasteiger partial charge in [0.1, 0.15) is 0 Å². The van der Waals surface area contributed by atoms with Crippen LogP contribution < -0.4 is 10.2 Å². The molecule has 7 heteroatoms. The monoisotopic (exact) mass is 436 g/mol. The number of hydrogen-bond acceptors (Lipinski definition) is 3. The van der Waals surface area contributed by atoms with E-state index in [4.69, 9.17) is 16.3 Å². The van der Waals surface area contributed by atoms with Gasteiger partial charge in [0, 0.05) is 44.5 Å². The minimum Gasteiger partial charge on any atom is -0.412 e. The fraction of sp³-hybridized carbons (Fsp3) is 0.400. The van der Waals surface area contributed by atoms with Crippen molar-refractivity contribution < 1.29 is 10.2 Å². The Bertz CT molecular complexity index is 639. The Morgan fingerprint density at radius 2 is 1.70 bits per heavy atom. The van der Waals surface area contributed by atoms with E-state index in [1.165, 1.54) is 11.3 Å². The van der Waals surface area contributed by atoms with Crippen LogP contribution in [0.1, 0.15) is 24.2 Å². The van der Waals surface area contributed by atoms with Crippen molar-refractivity contribution in [2.45, 2.75) is 25.5 Å². The average Bonchev–Trinajstić information content (AvgIpc) is 2.56. The zero-order valence-electron chi connectivity index (χ0n) is 16.2. The van der Waals surface area contributed by atoms with Gasteiger partial charge < -0.3 is 20.4 Å². The Balaban J connectivity index is 0. The largest absolute Gasteiger partial charge is 0.412 e. The number of halogens is 3. The molecule has 2 aromatic rings. The van der Waals surface area contributed by atoms with Crippen LogP contribution in [0.25, 0.3) is 0 Å². The van der Waals surface area contributed by atoms with Crippen LogP contribution in [0.3, 0.4) is 0 Å². The van der Waals surface area contributed by atoms with Crippen molar-refractivity contribution in [3.8, 4) is 0 Å². The lowest BCUT2D eigenvalue weighted by molar-refractivity contribution is 0.0999. The maximum absolute atomic E-state index is 6.07. The summed E-state index contributed by atoms with van der Waals surface area (Å²) in [5.41, 5.74) is 3.65. The second kappa shape index (κ2) is 14.1. The van der Waals surface area contributed by atoms with Crippen LogP contribution in [0.4, 0.5) is 5.69 Å². The Labute approximate surface area is 180 Å². The molecule has 0 saturated carbocycles. The van der Waals surface area contributed by atoms with Gasteiger partial charge in [-0.15, -0.1) is 24.8 Å². The molecule has 2 aromatic carbocycles. The van der Waals surface area contributed by atoms with Gasteiger partial charge in [0.15, 0.2) is 0 Å². The summed E-state index contributed by atoms with van der Waals surface area (Å²) in [4.78, 5) is 2.11. The van der Waals surface area contributed by atoms with Crippen molar-refractivity contribution in [1.82, 2.24) is 5.32 Å². The molecule has 0 aliphatic heterocycles. The topological polar surface area (TPSA) is 56.0 Å². The van der Waals surface area contributed by atoms with E-state index >= 15 is 0 Å². The summed E-state index contributed by atoms with van der Waals surface area (Å²) in [6.07, 6.45) is 0.988. The third-order valence-corrected chi connectivity index (χ3v) is 4.39. The molecule has 0 heterocycles. The highest BCUT2D eigenvalue weighted by atomic mass is 35.5. The van der Waals surface area contributed by atoms with E-state index in [0.717, 1.165) is 23.6 Å². The molecule has 0 saturated heterocycles. The minimum atomic E-state index is 0. The highest BCUT2D eigenvalue weighted by Gasteiger charge is 2.12. The summed E-state index contributed by atoms with van der Waals surface area (Å²) >= 11 is 6.07. The molecule has 0 radical (unpaired) electrons. The number of benzene rings is 2. The zero-order valence-corrected chi connectivity index (χ0v) is 18.6. The SMILES string of the molecule is COC(CNC(C)Cc1ccc(N(C)C)cc1)c1cccc(Cl)c1.Cl.Cl.O. The molecule has 154 valence electrons. The first-order chi connectivity index (χ1) is 11.5. The number of rotatable bonds is 8. The number of anilines is 1. The lowest BCUT2D eigenvalue weighted by atomic mass is 10.1. The smallest absolute Gasteiger partial charge is 0.0946 e. The van der Waals surface area contributed by atoms with Gasteiger partial charge in [-0.05, 0) is 48.7 Å². The van der Waals surface area contributed by atoms with E-state index in [2.05, 4.69) is 55.5 Å². The molecule has 0 aliphatic rings. The van der Waals surface area contributed by atoms with E-state index in [-0.39, 0.29) is 36.4 Å². The van der Waals surface area contributed by atoms with Gasteiger partial charge >= 0.3 is 0 Å². The number of hydrogen-bond donors (Lipinski definition) is 1. The van der Waals surface area contributed by atoms with Gasteiger partial charge in [-0.1, -0.05) is 35.9 Å². The molecule has 27 heavy (non-hydrogen) atoms. The second-order valence-corrected chi connectivity index (χ2v) is 6.79. The molecule has 0 fully saturated rings. The van der Waals surface area contributed by atoms with Crippen LogP contribution in [0.5, 0.6) is 0 Å². The molecule has 0 bridgehead atoms. The molecular formula is C20H31Cl3N2O2. The Morgan fingerprint density at radius 3 is 2.22 bits per heavy atom. The summed E-state index contributed by atoms with van der Waals surface area (Å²) in [6.45, 7) is 2.96. The maximum Gasteiger partial charge on any atom is 0.0946 e. The zero-order chi connectivity index (χ0) is 17.5. The van der Waals surface area contributed by atoms with E-state index in [1.807, 2.05) is 24.3 Å². The fourth-order valence-corrected chi connectivity index (χ4v) is 2.91. The summed E-state index contributed by atoms with van der Waals surface area (Å²) in [5.74, 6) is 0. The normalized spacial score (nSPS) is 12.0. The van der Waals surface area contributed by atoms with Crippen molar-refractivity contribution >= 4 is 42.1 Å². The van der Waals surface area contributed by atoms with Gasteiger partial charge in [0.05, 0.1) is 6.10 Å². The third-order valence-electron chi connectivity index (χ3n) is 4.15. The summed E-state index contributed by atoms with van der Waals surface area (Å²) in [6, 6.07) is 16.9. The number of nitrogens with one attached hydrogen (secondary N) is 1. The minimum absolute atomic E-state index is 0. The molecule has 0 spiro atoms. The van der Waals surface area contributed by atoms with E-state index in [0.29, 0.717) is 6.04 Å². The molecule has 0 amide bonds. The summed E-state index contributed by atoms with van der Waals surface area (Å²) < 4.78 is 5.61. The fourth-order valence-electron chi connectivity index (χ4n) is 2.71. The first-order valence-electron chi connectivity index (χ1n) is 8.27. The van der Waals surface area contributed by atoms with Crippen molar-refractivity contribution in [2.75, 3.05) is 32.6 Å². The Kier molecular flexibility index (Phi) is 14.7. The molecule has 0 aliphatic carbocycles. The van der Waals surface area contributed by atoms with Gasteiger partial charge in [-0.2, -0.15) is 0 Å². The second-order valence-electron chi connectivity index (χ2n) is 6.35. The number of methoxy groups -OCH3 is 1. The number of ether oxygens (including phenoxy) is 1. The van der Waals surface area contributed by atoms with Gasteiger partial charge in [0.2, 0.25) is 0 Å². The molecule has 4 nitrogen and oxygen atoms in total. The first kappa shape index (κ1) is 28.2. The molecule has 2 atom stereocenters. The van der Waals surface area contributed by atoms with Gasteiger partial charge in [-0.3, -0.25) is 0 Å². The average molecular weight is 438 g/mol. The lowest BCUT2D eigenvalue weighted by Crippen LogP contribution is -2.32. The molecule has 0 aromatic heterocycles.